The van der Waals surface area contributed by atoms with E-state index in [1.165, 1.54) is 5.56 Å². The quantitative estimate of drug-likeness (QED) is 0.939. The molecule has 0 amide bonds. The summed E-state index contributed by atoms with van der Waals surface area (Å²) >= 11 is 3.57. The minimum absolute atomic E-state index is 0.647. The zero-order valence-electron chi connectivity index (χ0n) is 11.3. The summed E-state index contributed by atoms with van der Waals surface area (Å²) in [4.78, 5) is 10.9. The van der Waals surface area contributed by atoms with Crippen LogP contribution >= 0.6 is 15.9 Å². The smallest absolute Gasteiger partial charge is 0.224 e. The van der Waals surface area contributed by atoms with Crippen molar-refractivity contribution in [1.29, 1.82) is 0 Å². The molecule has 4 nitrogen and oxygen atoms in total. The van der Waals surface area contributed by atoms with Gasteiger partial charge < -0.3 is 10.2 Å². The summed E-state index contributed by atoms with van der Waals surface area (Å²) in [7, 11) is 3.85. The van der Waals surface area contributed by atoms with Crippen LogP contribution in [0.3, 0.4) is 0 Å². The van der Waals surface area contributed by atoms with Gasteiger partial charge in [0.25, 0.3) is 0 Å². The number of halogens is 1. The van der Waals surface area contributed by atoms with Crippen molar-refractivity contribution in [3.63, 3.8) is 0 Å². The van der Waals surface area contributed by atoms with Crippen LogP contribution in [0.5, 0.6) is 0 Å². The highest BCUT2D eigenvalue weighted by atomic mass is 79.9. The number of hydrogen-bond acceptors (Lipinski definition) is 4. The number of anilines is 2. The molecule has 0 fully saturated rings. The van der Waals surface area contributed by atoms with E-state index in [0.717, 1.165) is 22.5 Å². The Hall–Kier alpha value is -1.62. The molecular weight excluding hydrogens is 304 g/mol. The molecule has 0 bridgehead atoms. The molecule has 2 rings (SSSR count). The van der Waals surface area contributed by atoms with E-state index in [2.05, 4.69) is 42.2 Å². The Kier molecular flexibility index (Phi) is 4.37. The van der Waals surface area contributed by atoms with Crippen LogP contribution in [0, 0.1) is 6.92 Å². The maximum atomic E-state index is 4.47. The lowest BCUT2D eigenvalue weighted by atomic mass is 10.2. The predicted molar refractivity (Wildman–Crippen MR) is 82.6 cm³/mol. The van der Waals surface area contributed by atoms with Gasteiger partial charge in [-0.1, -0.05) is 34.1 Å². The number of aromatic nitrogens is 2. The number of hydrogen-bond donors (Lipinski definition) is 1. The third kappa shape index (κ3) is 3.44. The summed E-state index contributed by atoms with van der Waals surface area (Å²) < 4.78 is 1.11. The van der Waals surface area contributed by atoms with Crippen LogP contribution in [-0.4, -0.2) is 24.1 Å². The molecule has 0 aliphatic carbocycles. The molecular formula is C14H17BrN4. The van der Waals surface area contributed by atoms with Crippen LogP contribution in [0.4, 0.5) is 11.8 Å². The van der Waals surface area contributed by atoms with E-state index in [4.69, 9.17) is 0 Å². The van der Waals surface area contributed by atoms with Gasteiger partial charge in [0.15, 0.2) is 0 Å². The first-order valence-corrected chi connectivity index (χ1v) is 6.87. The van der Waals surface area contributed by atoms with Crippen LogP contribution in [0.25, 0.3) is 0 Å². The summed E-state index contributed by atoms with van der Waals surface area (Å²) in [6.45, 7) is 2.76. The van der Waals surface area contributed by atoms with Gasteiger partial charge in [-0.15, -0.1) is 0 Å². The maximum Gasteiger partial charge on any atom is 0.224 e. The first-order valence-electron chi connectivity index (χ1n) is 6.08. The van der Waals surface area contributed by atoms with Gasteiger partial charge >= 0.3 is 0 Å². The van der Waals surface area contributed by atoms with Crippen molar-refractivity contribution in [3.05, 3.63) is 46.1 Å². The maximum absolute atomic E-state index is 4.47. The molecule has 0 spiro atoms. The second-order valence-corrected chi connectivity index (χ2v) is 5.24. The standard InChI is InChI=1S/C14H17BrN4/c1-10-8-13(18-14(16-2)17-10)19(3)9-11-6-4-5-7-12(11)15/h4-8H,9H2,1-3H3,(H,16,17,18). The highest BCUT2D eigenvalue weighted by molar-refractivity contribution is 9.10. The molecule has 1 N–H and O–H groups in total. The monoisotopic (exact) mass is 320 g/mol. The van der Waals surface area contributed by atoms with E-state index in [0.29, 0.717) is 5.95 Å². The van der Waals surface area contributed by atoms with Crippen molar-refractivity contribution < 1.29 is 0 Å². The minimum atomic E-state index is 0.647. The van der Waals surface area contributed by atoms with Gasteiger partial charge in [-0.2, -0.15) is 4.98 Å². The molecule has 1 heterocycles. The Morgan fingerprint density at radius 2 is 2.00 bits per heavy atom. The molecule has 0 saturated carbocycles. The Morgan fingerprint density at radius 1 is 1.26 bits per heavy atom. The van der Waals surface area contributed by atoms with Gasteiger partial charge in [0.1, 0.15) is 5.82 Å². The third-order valence-electron chi connectivity index (χ3n) is 2.82. The van der Waals surface area contributed by atoms with Crippen molar-refractivity contribution in [2.75, 3.05) is 24.3 Å². The molecule has 0 atom stereocenters. The predicted octanol–water partition coefficient (Wildman–Crippen LogP) is 3.23. The lowest BCUT2D eigenvalue weighted by Crippen LogP contribution is -2.19. The lowest BCUT2D eigenvalue weighted by molar-refractivity contribution is 0.884. The van der Waals surface area contributed by atoms with Crippen molar-refractivity contribution in [2.24, 2.45) is 0 Å². The molecule has 0 unspecified atom stereocenters. The Morgan fingerprint density at radius 3 is 2.68 bits per heavy atom. The van der Waals surface area contributed by atoms with Gasteiger partial charge in [0, 0.05) is 36.9 Å². The van der Waals surface area contributed by atoms with Crippen LogP contribution in [0.2, 0.25) is 0 Å². The van der Waals surface area contributed by atoms with Gasteiger partial charge in [-0.25, -0.2) is 4.98 Å². The van der Waals surface area contributed by atoms with Gasteiger partial charge in [0.05, 0.1) is 0 Å². The van der Waals surface area contributed by atoms with Gasteiger partial charge in [-0.05, 0) is 18.6 Å². The zero-order chi connectivity index (χ0) is 13.8. The minimum Gasteiger partial charge on any atom is -0.357 e. The summed E-state index contributed by atoms with van der Waals surface area (Å²) in [5.41, 5.74) is 2.18. The second kappa shape index (κ2) is 6.02. The van der Waals surface area contributed by atoms with E-state index in [1.54, 1.807) is 0 Å². The van der Waals surface area contributed by atoms with E-state index in [1.807, 2.05) is 45.3 Å². The molecule has 0 aliphatic heterocycles. The molecule has 1 aromatic carbocycles. The van der Waals surface area contributed by atoms with Gasteiger partial charge in [-0.3, -0.25) is 0 Å². The van der Waals surface area contributed by atoms with Crippen LogP contribution in [0.15, 0.2) is 34.8 Å². The topological polar surface area (TPSA) is 41.1 Å². The highest BCUT2D eigenvalue weighted by Gasteiger charge is 2.08. The van der Waals surface area contributed by atoms with E-state index in [9.17, 15) is 0 Å². The zero-order valence-corrected chi connectivity index (χ0v) is 12.9. The van der Waals surface area contributed by atoms with E-state index < -0.39 is 0 Å². The summed E-state index contributed by atoms with van der Waals surface area (Å²) in [6, 6.07) is 10.2. The SMILES string of the molecule is CNc1nc(C)cc(N(C)Cc2ccccc2Br)n1. The molecule has 1 aromatic heterocycles. The molecule has 0 saturated heterocycles. The molecule has 2 aromatic rings. The number of aryl methyl sites for hydroxylation is 1. The van der Waals surface area contributed by atoms with Crippen molar-refractivity contribution in [3.8, 4) is 0 Å². The molecule has 5 heteroatoms. The highest BCUT2D eigenvalue weighted by Crippen LogP contribution is 2.20. The fourth-order valence-electron chi connectivity index (χ4n) is 1.82. The van der Waals surface area contributed by atoms with Crippen LogP contribution < -0.4 is 10.2 Å². The fourth-order valence-corrected chi connectivity index (χ4v) is 2.23. The van der Waals surface area contributed by atoms with Crippen LogP contribution in [-0.2, 0) is 6.54 Å². The number of benzene rings is 1. The Bertz CT molecular complexity index is 571. The fraction of sp³-hybridized carbons (Fsp3) is 0.286. The molecule has 100 valence electrons. The lowest BCUT2D eigenvalue weighted by Gasteiger charge is -2.20. The normalized spacial score (nSPS) is 10.3. The second-order valence-electron chi connectivity index (χ2n) is 4.39. The summed E-state index contributed by atoms with van der Waals surface area (Å²) in [5.74, 6) is 1.56. The molecule has 0 radical (unpaired) electrons. The molecule has 0 aliphatic rings. The van der Waals surface area contributed by atoms with Crippen molar-refractivity contribution in [2.45, 2.75) is 13.5 Å². The van der Waals surface area contributed by atoms with E-state index in [-0.39, 0.29) is 0 Å². The van der Waals surface area contributed by atoms with E-state index >= 15 is 0 Å². The van der Waals surface area contributed by atoms with Gasteiger partial charge in [0.2, 0.25) is 5.95 Å². The first-order chi connectivity index (χ1) is 9.10. The largest absolute Gasteiger partial charge is 0.357 e. The number of rotatable bonds is 4. The average molecular weight is 321 g/mol. The summed E-state index contributed by atoms with van der Waals surface area (Å²) in [5, 5.41) is 2.98. The Labute approximate surface area is 122 Å². The average Bonchev–Trinajstić information content (AvgIpc) is 2.40. The molecule has 19 heavy (non-hydrogen) atoms. The van der Waals surface area contributed by atoms with Crippen molar-refractivity contribution in [1.82, 2.24) is 9.97 Å². The summed E-state index contributed by atoms with van der Waals surface area (Å²) in [6.07, 6.45) is 0. The van der Waals surface area contributed by atoms with Crippen molar-refractivity contribution >= 4 is 27.7 Å². The number of nitrogens with one attached hydrogen (secondary N) is 1. The third-order valence-corrected chi connectivity index (χ3v) is 3.59. The van der Waals surface area contributed by atoms with Crippen LogP contribution in [0.1, 0.15) is 11.3 Å². The first kappa shape index (κ1) is 13.8. The Balaban J connectivity index is 2.22. The number of nitrogens with zero attached hydrogens (tertiary/aromatic N) is 3.